The van der Waals surface area contributed by atoms with Crippen LogP contribution in [-0.4, -0.2) is 243 Å². The predicted octanol–water partition coefficient (Wildman–Crippen LogP) is -4.60. The zero-order chi connectivity index (χ0) is 61.4. The van der Waals surface area contributed by atoms with Gasteiger partial charge in [-0.1, -0.05) is 18.2 Å². The van der Waals surface area contributed by atoms with Crippen LogP contribution in [0, 0.1) is 0 Å². The fourth-order valence-corrected chi connectivity index (χ4v) is 10.0. The number of rotatable bonds is 23. The third-order valence-corrected chi connectivity index (χ3v) is 14.7. The van der Waals surface area contributed by atoms with Crippen molar-refractivity contribution in [3.8, 4) is 22.5 Å². The predicted molar refractivity (Wildman–Crippen MR) is 296 cm³/mol. The van der Waals surface area contributed by atoms with Crippen molar-refractivity contribution in [2.24, 2.45) is 0 Å². The number of nitrogens with two attached hydrogens (primary N) is 1. The summed E-state index contributed by atoms with van der Waals surface area (Å²) in [5.74, 6) is -2.68. The molecule has 28 heteroatoms. The molecule has 462 valence electrons. The van der Waals surface area contributed by atoms with Gasteiger partial charge in [-0.25, -0.2) is 4.58 Å². The molecular formula is C57H72N6O22. The molecule has 3 amide bonds. The van der Waals surface area contributed by atoms with Crippen LogP contribution in [-0.2, 0) is 38.0 Å². The maximum Gasteiger partial charge on any atom is 0.253 e. The average Bonchev–Trinajstić information content (AvgIpc) is 1.43. The number of nitrogens with one attached hydrogen (secondary N) is 3. The van der Waals surface area contributed by atoms with Crippen molar-refractivity contribution in [1.29, 1.82) is 0 Å². The van der Waals surface area contributed by atoms with E-state index < -0.39 is 142 Å². The van der Waals surface area contributed by atoms with E-state index in [-0.39, 0.29) is 55.0 Å². The van der Waals surface area contributed by atoms with E-state index in [1.165, 1.54) is 24.3 Å². The first-order chi connectivity index (χ1) is 40.6. The Labute approximate surface area is 486 Å². The van der Waals surface area contributed by atoms with Gasteiger partial charge in [0, 0.05) is 84.9 Å². The number of carboxylic acids is 1. The van der Waals surface area contributed by atoms with Crippen LogP contribution in [0.5, 0.6) is 0 Å². The smallest absolute Gasteiger partial charge is 0.253 e. The number of hydrogen-bond donors (Lipinski definition) is 13. The molecule has 0 saturated carbocycles. The minimum atomic E-state index is -2.04. The summed E-state index contributed by atoms with van der Waals surface area (Å²) in [6, 6.07) is 21.8. The van der Waals surface area contributed by atoms with Gasteiger partial charge in [-0.05, 0) is 48.0 Å². The van der Waals surface area contributed by atoms with Gasteiger partial charge in [0.1, 0.15) is 98.7 Å². The van der Waals surface area contributed by atoms with Gasteiger partial charge in [0.15, 0.2) is 18.9 Å². The molecule has 0 spiro atoms. The maximum atomic E-state index is 13.3. The zero-order valence-electron chi connectivity index (χ0n) is 46.8. The Morgan fingerprint density at radius 3 is 2.01 bits per heavy atom. The summed E-state index contributed by atoms with van der Waals surface area (Å²) in [4.78, 5) is 53.3. The van der Waals surface area contributed by atoms with Gasteiger partial charge >= 0.3 is 0 Å². The summed E-state index contributed by atoms with van der Waals surface area (Å²) in [7, 11) is 7.54. The molecule has 3 saturated heterocycles. The average molecular weight is 1190 g/mol. The SMILES string of the molecule is CN(C)c1ccc2c(-c3ccc(C(=O)NCCNC(=O)CCO[C@@H]4O[C@H](CO)[C@@H](O[C@@H]5O[C@H](CO)[C@H](O)[C@H](O[C@H]6O[C@H](COCCNC(=O)c7ccccc7N)[C@H](O)[C@H](O)[C@H]6O)[C@H]5O)[C@H](O)[C@H]4O)cc3C(=O)[O-])c3ccc(=[N+](C)C)cc-3oc2c1. The molecule has 1 aliphatic carbocycles. The van der Waals surface area contributed by atoms with Crippen molar-refractivity contribution in [2.45, 2.75) is 98.5 Å². The molecule has 4 heterocycles. The molecule has 3 aromatic carbocycles. The van der Waals surface area contributed by atoms with Crippen LogP contribution in [0.15, 0.2) is 83.3 Å². The van der Waals surface area contributed by atoms with Gasteiger partial charge in [-0.15, -0.1) is 0 Å². The number of benzene rings is 4. The van der Waals surface area contributed by atoms with Crippen molar-refractivity contribution in [3.63, 3.8) is 0 Å². The first kappa shape index (κ1) is 64.2. The number of nitrogen functional groups attached to an aromatic ring is 1. The molecular weight excluding hydrogens is 1120 g/mol. The molecule has 0 unspecified atom stereocenters. The summed E-state index contributed by atoms with van der Waals surface area (Å²) < 4.78 is 47.9. The molecule has 4 aliphatic heterocycles. The highest BCUT2D eigenvalue weighted by atomic mass is 16.8. The van der Waals surface area contributed by atoms with Crippen molar-refractivity contribution in [1.82, 2.24) is 20.5 Å². The van der Waals surface area contributed by atoms with Gasteiger partial charge in [0.25, 0.3) is 11.8 Å². The van der Waals surface area contributed by atoms with Gasteiger partial charge in [0.2, 0.25) is 11.3 Å². The monoisotopic (exact) mass is 1190 g/mol. The highest BCUT2D eigenvalue weighted by molar-refractivity contribution is 6.09. The lowest BCUT2D eigenvalue weighted by Crippen LogP contribution is -2.66. The summed E-state index contributed by atoms with van der Waals surface area (Å²) in [5.41, 5.74) is 8.99. The number of anilines is 2. The summed E-state index contributed by atoms with van der Waals surface area (Å²) in [5, 5.41) is 120. The topological polar surface area (TPSA) is 420 Å². The van der Waals surface area contributed by atoms with Crippen molar-refractivity contribution >= 4 is 46.0 Å². The highest BCUT2D eigenvalue weighted by Gasteiger charge is 2.54. The van der Waals surface area contributed by atoms with Crippen LogP contribution < -0.4 is 41.6 Å². The van der Waals surface area contributed by atoms with Crippen molar-refractivity contribution < 1.29 is 108 Å². The molecule has 28 nitrogen and oxygen atoms in total. The van der Waals surface area contributed by atoms with Crippen molar-refractivity contribution in [3.05, 3.63) is 101 Å². The number of para-hydroxylation sites is 1. The van der Waals surface area contributed by atoms with E-state index in [0.717, 1.165) is 11.0 Å². The number of nitrogens with zero attached hydrogens (tertiary/aromatic N) is 2. The van der Waals surface area contributed by atoms with E-state index in [1.807, 2.05) is 74.1 Å². The van der Waals surface area contributed by atoms with Crippen LogP contribution >= 0.6 is 0 Å². The van der Waals surface area contributed by atoms with E-state index >= 15 is 0 Å². The third-order valence-electron chi connectivity index (χ3n) is 14.7. The molecule has 0 bridgehead atoms. The normalized spacial score (nSPS) is 27.8. The van der Waals surface area contributed by atoms with E-state index in [9.17, 15) is 70.2 Å². The lowest BCUT2D eigenvalue weighted by Gasteiger charge is -2.48. The van der Waals surface area contributed by atoms with Crippen molar-refractivity contribution in [2.75, 3.05) is 91.5 Å². The maximum absolute atomic E-state index is 13.3. The first-order valence-electron chi connectivity index (χ1n) is 27.3. The van der Waals surface area contributed by atoms with E-state index in [2.05, 4.69) is 16.0 Å². The molecule has 15 atom stereocenters. The Morgan fingerprint density at radius 2 is 1.31 bits per heavy atom. The standard InChI is InChI=1S/C57H72N6O22/c1-62(2)28-10-13-32-36(22-28)80-37-23-29(63(3)4)11-14-33(37)42(32)30-12-9-27(21-34(30)54(76)77)52(74)60-17-16-59-41(66)15-19-79-55-48(72)46(70)50(39(25-65)82-55)84-57-49(73)51(44(68)38(24-64)81-57)85-56-47(71)45(69)43(67)40(83-56)26-78-20-18-61-53(75)31-7-5-6-8-35(31)58/h5-14,21-23,38-40,43-51,55-57,64-65,67-73H,15-20,24-26H2,1-4H3,(H5-,58,59,60,61,66,74,75,76,77)/t38-,39-,40-,43+,44+,45+,46-,47-,48-,49-,50-,51+,55-,56-,57+/m1/s1. The van der Waals surface area contributed by atoms with Crippen LogP contribution in [0.4, 0.5) is 11.4 Å². The minimum absolute atomic E-state index is 0.00113. The minimum Gasteiger partial charge on any atom is -0.545 e. The number of carboxylic acid groups (broad SMARTS) is 1. The highest BCUT2D eigenvalue weighted by Crippen LogP contribution is 2.42. The Hall–Kier alpha value is -6.81. The molecule has 3 fully saturated rings. The second-order valence-corrected chi connectivity index (χ2v) is 20.9. The zero-order valence-corrected chi connectivity index (χ0v) is 46.8. The lowest BCUT2D eigenvalue weighted by molar-refractivity contribution is -0.380. The van der Waals surface area contributed by atoms with E-state index in [4.69, 9.17) is 43.3 Å². The number of aliphatic hydroxyl groups is 9. The fourth-order valence-electron chi connectivity index (χ4n) is 10.0. The molecule has 5 aliphatic rings. The van der Waals surface area contributed by atoms with E-state index in [0.29, 0.717) is 33.4 Å². The van der Waals surface area contributed by atoms with Gasteiger partial charge in [-0.3, -0.25) is 14.4 Å². The second-order valence-electron chi connectivity index (χ2n) is 20.9. The second kappa shape index (κ2) is 28.6. The first-order valence-corrected chi connectivity index (χ1v) is 27.3. The van der Waals surface area contributed by atoms with Gasteiger partial charge < -0.3 is 120 Å². The number of carbonyl (C=O) groups is 4. The lowest BCUT2D eigenvalue weighted by atomic mass is 9.89. The Morgan fingerprint density at radius 1 is 0.647 bits per heavy atom. The largest absolute Gasteiger partial charge is 0.545 e. The quantitative estimate of drug-likeness (QED) is 0.0127. The van der Waals surface area contributed by atoms with Crippen LogP contribution in [0.25, 0.3) is 33.4 Å². The third kappa shape index (κ3) is 14.7. The molecule has 85 heavy (non-hydrogen) atoms. The molecule has 14 N–H and O–H groups in total. The number of aliphatic hydroxyl groups excluding tert-OH is 9. The number of fused-ring (bicyclic) bond motifs is 2. The molecule has 3 aromatic rings. The Kier molecular flexibility index (Phi) is 21.6. The van der Waals surface area contributed by atoms with Crippen LogP contribution in [0.3, 0.4) is 0 Å². The Bertz CT molecular complexity index is 3180. The Balaban J connectivity index is 0.811. The van der Waals surface area contributed by atoms with E-state index in [1.54, 1.807) is 18.2 Å². The summed E-state index contributed by atoms with van der Waals surface area (Å²) >= 11 is 0. The molecule has 8 rings (SSSR count). The van der Waals surface area contributed by atoms with Crippen LogP contribution in [0.1, 0.15) is 37.5 Å². The number of aromatic carboxylic acids is 1. The van der Waals surface area contributed by atoms with Crippen LogP contribution in [0.2, 0.25) is 0 Å². The number of hydrogen-bond acceptors (Lipinski definition) is 24. The summed E-state index contributed by atoms with van der Waals surface area (Å²) in [6.07, 6.45) is -27.0. The molecule has 0 aromatic heterocycles. The number of ether oxygens (including phenoxy) is 7. The van der Waals surface area contributed by atoms with Gasteiger partial charge in [-0.2, -0.15) is 0 Å². The summed E-state index contributed by atoms with van der Waals surface area (Å²) in [6.45, 7) is -2.81. The molecule has 0 radical (unpaired) electrons. The van der Waals surface area contributed by atoms with Gasteiger partial charge in [0.05, 0.1) is 57.1 Å². The number of amides is 3. The number of carbonyl (C=O) groups excluding carboxylic acids is 4. The fraction of sp³-hybridized carbons (Fsp3) is 0.491.